The molecular formula is C23H25Cl2N5O2. The number of aryl methyl sites for hydroxylation is 1. The molecule has 1 saturated heterocycles. The van der Waals surface area contributed by atoms with Crippen LogP contribution in [-0.4, -0.2) is 33.2 Å². The maximum atomic E-state index is 13.4. The highest BCUT2D eigenvalue weighted by atomic mass is 35.5. The third kappa shape index (κ3) is 3.26. The Morgan fingerprint density at radius 1 is 1.25 bits per heavy atom. The van der Waals surface area contributed by atoms with Gasteiger partial charge in [0.05, 0.1) is 33.9 Å². The Bertz CT molecular complexity index is 1200. The number of nitrogens with zero attached hydrogens (tertiary/aromatic N) is 4. The zero-order valence-electron chi connectivity index (χ0n) is 18.0. The number of nitrogens with two attached hydrogens (primary N) is 1. The normalized spacial score (nSPS) is 24.1. The predicted molar refractivity (Wildman–Crippen MR) is 125 cm³/mol. The Kier molecular flexibility index (Phi) is 5.31. The van der Waals surface area contributed by atoms with Crippen molar-refractivity contribution in [1.29, 1.82) is 0 Å². The number of aromatic nitrogens is 3. The summed E-state index contributed by atoms with van der Waals surface area (Å²) in [5.41, 5.74) is 7.64. The Morgan fingerprint density at radius 3 is 2.72 bits per heavy atom. The van der Waals surface area contributed by atoms with Crippen molar-refractivity contribution in [2.75, 3.05) is 18.0 Å². The van der Waals surface area contributed by atoms with Crippen molar-refractivity contribution in [2.24, 2.45) is 5.73 Å². The van der Waals surface area contributed by atoms with E-state index in [0.29, 0.717) is 46.8 Å². The Balaban J connectivity index is 1.41. The van der Waals surface area contributed by atoms with Crippen LogP contribution in [0.3, 0.4) is 0 Å². The van der Waals surface area contributed by atoms with Gasteiger partial charge in [-0.15, -0.1) is 0 Å². The average molecular weight is 474 g/mol. The standard InChI is InChI=1S/C23H25Cl2N5O2/c1-13-21(28-14(2)30(22(13)31)17-5-3-4-16(24)19(17)25)29-10-7-23(8-11-29)20(26)15-6-9-27-12-18(15)32-23/h3-4,6,9,12,17,20H,5,7-8,10-11,26H2,1-2H3/t17-,20+/m0/s1. The fourth-order valence-electron chi connectivity index (χ4n) is 5.06. The van der Waals surface area contributed by atoms with Crippen molar-refractivity contribution in [3.8, 4) is 5.75 Å². The number of pyridine rings is 1. The molecule has 2 aromatic heterocycles. The van der Waals surface area contributed by atoms with Crippen molar-refractivity contribution in [3.63, 3.8) is 0 Å². The second-order valence-corrected chi connectivity index (χ2v) is 9.49. The number of allylic oxidation sites excluding steroid dienone is 4. The molecule has 168 valence electrons. The maximum absolute atomic E-state index is 13.4. The first kappa shape index (κ1) is 21.5. The lowest BCUT2D eigenvalue weighted by molar-refractivity contribution is 0.0428. The summed E-state index contributed by atoms with van der Waals surface area (Å²) in [7, 11) is 0. The Hall–Kier alpha value is -2.35. The molecule has 3 aliphatic rings. The molecule has 0 aromatic carbocycles. The monoisotopic (exact) mass is 473 g/mol. The minimum Gasteiger partial charge on any atom is -0.483 e. The van der Waals surface area contributed by atoms with Crippen LogP contribution in [0.25, 0.3) is 0 Å². The summed E-state index contributed by atoms with van der Waals surface area (Å²) in [5.74, 6) is 2.10. The van der Waals surface area contributed by atoms with Crippen LogP contribution in [0.15, 0.2) is 45.5 Å². The van der Waals surface area contributed by atoms with Crippen LogP contribution in [-0.2, 0) is 0 Å². The Morgan fingerprint density at radius 2 is 2.00 bits per heavy atom. The number of ether oxygens (including phenoxy) is 1. The van der Waals surface area contributed by atoms with Crippen molar-refractivity contribution in [3.05, 3.63) is 68.0 Å². The first-order valence-corrected chi connectivity index (χ1v) is 11.5. The minimum atomic E-state index is -0.441. The first-order valence-electron chi connectivity index (χ1n) is 10.8. The van der Waals surface area contributed by atoms with E-state index in [1.807, 2.05) is 26.0 Å². The lowest BCUT2D eigenvalue weighted by Gasteiger charge is -2.41. The molecule has 2 N–H and O–H groups in total. The molecule has 9 heteroatoms. The SMILES string of the molecule is Cc1c(N2CCC3(CC2)Oc2cnccc2[C@H]3N)nc(C)n([C@H]2CC=CC(Cl)=C2Cl)c1=O. The molecule has 1 aliphatic carbocycles. The van der Waals surface area contributed by atoms with E-state index in [9.17, 15) is 4.79 Å². The highest BCUT2D eigenvalue weighted by Gasteiger charge is 2.48. The van der Waals surface area contributed by atoms with E-state index in [1.165, 1.54) is 0 Å². The minimum absolute atomic E-state index is 0.0944. The fraction of sp³-hybridized carbons (Fsp3) is 0.435. The molecule has 0 unspecified atom stereocenters. The third-order valence-electron chi connectivity index (χ3n) is 6.89. The van der Waals surface area contributed by atoms with Gasteiger partial charge in [0.1, 0.15) is 23.0 Å². The topological polar surface area (TPSA) is 86.3 Å². The van der Waals surface area contributed by atoms with Gasteiger partial charge in [-0.25, -0.2) is 4.98 Å². The number of halogens is 2. The molecule has 5 rings (SSSR count). The Labute approximate surface area is 196 Å². The van der Waals surface area contributed by atoms with Crippen LogP contribution in [0, 0.1) is 13.8 Å². The van der Waals surface area contributed by atoms with Gasteiger partial charge in [0, 0.05) is 37.7 Å². The first-order chi connectivity index (χ1) is 15.3. The summed E-state index contributed by atoms with van der Waals surface area (Å²) >= 11 is 12.6. The van der Waals surface area contributed by atoms with Crippen molar-refractivity contribution < 1.29 is 4.74 Å². The summed E-state index contributed by atoms with van der Waals surface area (Å²) < 4.78 is 7.94. The van der Waals surface area contributed by atoms with Gasteiger partial charge in [0.2, 0.25) is 0 Å². The summed E-state index contributed by atoms with van der Waals surface area (Å²) in [6, 6.07) is 1.41. The fourth-order valence-corrected chi connectivity index (χ4v) is 5.52. The van der Waals surface area contributed by atoms with Crippen LogP contribution in [0.1, 0.15) is 48.3 Å². The molecule has 4 heterocycles. The zero-order valence-corrected chi connectivity index (χ0v) is 19.5. The summed E-state index contributed by atoms with van der Waals surface area (Å²) in [6.07, 6.45) is 9.26. The number of hydrogen-bond donors (Lipinski definition) is 1. The van der Waals surface area contributed by atoms with Gasteiger partial charge >= 0.3 is 0 Å². The van der Waals surface area contributed by atoms with E-state index < -0.39 is 5.60 Å². The molecule has 0 saturated carbocycles. The molecule has 2 aliphatic heterocycles. The van der Waals surface area contributed by atoms with Gasteiger partial charge in [-0.2, -0.15) is 0 Å². The number of rotatable bonds is 2. The molecule has 0 radical (unpaired) electrons. The quantitative estimate of drug-likeness (QED) is 0.711. The number of piperidine rings is 1. The third-order valence-corrected chi connectivity index (χ3v) is 7.77. The molecule has 0 bridgehead atoms. The molecule has 7 nitrogen and oxygen atoms in total. The van der Waals surface area contributed by atoms with Gasteiger partial charge in [0.25, 0.3) is 5.56 Å². The number of hydrogen-bond acceptors (Lipinski definition) is 6. The van der Waals surface area contributed by atoms with E-state index in [4.69, 9.17) is 38.7 Å². The maximum Gasteiger partial charge on any atom is 0.259 e. The smallest absolute Gasteiger partial charge is 0.259 e. The summed E-state index contributed by atoms with van der Waals surface area (Å²) in [5, 5.41) is 0.927. The van der Waals surface area contributed by atoms with E-state index in [2.05, 4.69) is 9.88 Å². The van der Waals surface area contributed by atoms with Crippen molar-refractivity contribution >= 4 is 29.0 Å². The average Bonchev–Trinajstić information content (AvgIpc) is 3.06. The molecule has 1 spiro atoms. The number of anilines is 1. The van der Waals surface area contributed by atoms with Crippen molar-refractivity contribution in [2.45, 2.75) is 50.8 Å². The lowest BCUT2D eigenvalue weighted by Crippen LogP contribution is -2.52. The molecule has 2 aromatic rings. The van der Waals surface area contributed by atoms with E-state index >= 15 is 0 Å². The highest BCUT2D eigenvalue weighted by molar-refractivity contribution is 6.40. The zero-order chi connectivity index (χ0) is 22.6. The van der Waals surface area contributed by atoms with Gasteiger partial charge in [0.15, 0.2) is 0 Å². The van der Waals surface area contributed by atoms with Gasteiger partial charge in [-0.3, -0.25) is 14.3 Å². The van der Waals surface area contributed by atoms with Crippen LogP contribution >= 0.6 is 23.2 Å². The molecule has 0 amide bonds. The largest absolute Gasteiger partial charge is 0.483 e. The summed E-state index contributed by atoms with van der Waals surface area (Å²) in [4.78, 5) is 24.5. The molecule has 32 heavy (non-hydrogen) atoms. The molecule has 1 fully saturated rings. The highest BCUT2D eigenvalue weighted by Crippen LogP contribution is 2.47. The molecular weight excluding hydrogens is 449 g/mol. The number of fused-ring (bicyclic) bond motifs is 1. The molecule has 2 atom stereocenters. The van der Waals surface area contributed by atoms with Gasteiger partial charge < -0.3 is 15.4 Å². The van der Waals surface area contributed by atoms with Crippen LogP contribution in [0.2, 0.25) is 0 Å². The second-order valence-electron chi connectivity index (χ2n) is 8.68. The van der Waals surface area contributed by atoms with Crippen LogP contribution < -0.4 is 20.9 Å². The predicted octanol–water partition coefficient (Wildman–Crippen LogP) is 3.88. The van der Waals surface area contributed by atoms with E-state index in [-0.39, 0.29) is 17.6 Å². The van der Waals surface area contributed by atoms with Crippen molar-refractivity contribution in [1.82, 2.24) is 14.5 Å². The lowest BCUT2D eigenvalue weighted by atomic mass is 9.83. The van der Waals surface area contributed by atoms with Crippen LogP contribution in [0.5, 0.6) is 5.75 Å². The van der Waals surface area contributed by atoms with Crippen LogP contribution in [0.4, 0.5) is 5.82 Å². The second kappa shape index (κ2) is 7.90. The van der Waals surface area contributed by atoms with E-state index in [0.717, 1.165) is 24.2 Å². The van der Waals surface area contributed by atoms with Gasteiger partial charge in [-0.05, 0) is 32.4 Å². The summed E-state index contributed by atoms with van der Waals surface area (Å²) in [6.45, 7) is 5.06. The van der Waals surface area contributed by atoms with Gasteiger partial charge in [-0.1, -0.05) is 29.3 Å². The van der Waals surface area contributed by atoms with E-state index in [1.54, 1.807) is 23.0 Å².